The van der Waals surface area contributed by atoms with Crippen LogP contribution >= 0.6 is 0 Å². The van der Waals surface area contributed by atoms with Crippen LogP contribution in [0.5, 0.6) is 5.75 Å². The molecule has 2 bridgehead atoms. The average molecular weight is 284 g/mol. The van der Waals surface area contributed by atoms with Crippen LogP contribution in [0.1, 0.15) is 36.0 Å². The number of phenols is 1. The zero-order chi connectivity index (χ0) is 14.9. The van der Waals surface area contributed by atoms with Gasteiger partial charge in [0.15, 0.2) is 5.78 Å². The first-order valence-electron chi connectivity index (χ1n) is 7.77. The molecule has 3 aliphatic carbocycles. The van der Waals surface area contributed by atoms with E-state index in [4.69, 9.17) is 0 Å². The summed E-state index contributed by atoms with van der Waals surface area (Å²) in [5, 5.41) is 20.4. The van der Waals surface area contributed by atoms with Crippen LogP contribution in [0.25, 0.3) is 5.57 Å². The standard InChI is InChI=1S/C18H20O3/c1-8-5-12(19)6-9(2)13(8)16-17(20)14-10-3-4-11(7-10)15(14)18(16)21/h5-6,10-11,14-15,19-20H,3-4,7H2,1-2H3/t10-,11+,14+,15-/m1/s1. The Morgan fingerprint density at radius 2 is 1.57 bits per heavy atom. The molecule has 2 fully saturated rings. The maximum absolute atomic E-state index is 12.9. The van der Waals surface area contributed by atoms with Crippen molar-refractivity contribution in [1.29, 1.82) is 0 Å². The minimum Gasteiger partial charge on any atom is -0.511 e. The van der Waals surface area contributed by atoms with Gasteiger partial charge in [0, 0.05) is 11.8 Å². The van der Waals surface area contributed by atoms with Crippen LogP contribution in [0.15, 0.2) is 17.9 Å². The summed E-state index contributed by atoms with van der Waals surface area (Å²) in [5.74, 6) is 1.66. The van der Waals surface area contributed by atoms with Crippen molar-refractivity contribution < 1.29 is 15.0 Å². The lowest BCUT2D eigenvalue weighted by molar-refractivity contribution is -0.118. The summed E-state index contributed by atoms with van der Waals surface area (Å²) in [6, 6.07) is 3.33. The maximum Gasteiger partial charge on any atom is 0.170 e. The Balaban J connectivity index is 1.88. The summed E-state index contributed by atoms with van der Waals surface area (Å²) in [7, 11) is 0. The molecule has 110 valence electrons. The van der Waals surface area contributed by atoms with Crippen LogP contribution < -0.4 is 0 Å². The van der Waals surface area contributed by atoms with E-state index in [0.717, 1.165) is 36.0 Å². The van der Waals surface area contributed by atoms with Crippen molar-refractivity contribution >= 4 is 11.4 Å². The molecule has 0 radical (unpaired) electrons. The van der Waals surface area contributed by atoms with Gasteiger partial charge in [-0.25, -0.2) is 0 Å². The van der Waals surface area contributed by atoms with Crippen molar-refractivity contribution in [3.63, 3.8) is 0 Å². The van der Waals surface area contributed by atoms with Gasteiger partial charge in [-0.2, -0.15) is 0 Å². The quantitative estimate of drug-likeness (QED) is 0.829. The molecule has 2 saturated carbocycles. The molecule has 3 nitrogen and oxygen atoms in total. The summed E-state index contributed by atoms with van der Waals surface area (Å²) in [6.45, 7) is 3.77. The highest BCUT2D eigenvalue weighted by Crippen LogP contribution is 2.60. The van der Waals surface area contributed by atoms with Crippen LogP contribution in [0.4, 0.5) is 0 Å². The number of aromatic hydroxyl groups is 1. The lowest BCUT2D eigenvalue weighted by Crippen LogP contribution is -2.24. The zero-order valence-electron chi connectivity index (χ0n) is 12.4. The van der Waals surface area contributed by atoms with E-state index in [9.17, 15) is 15.0 Å². The molecule has 0 unspecified atom stereocenters. The predicted octanol–water partition coefficient (Wildman–Crippen LogP) is 3.52. The molecule has 3 aliphatic rings. The molecular weight excluding hydrogens is 264 g/mol. The summed E-state index contributed by atoms with van der Waals surface area (Å²) < 4.78 is 0. The average Bonchev–Trinajstić information content (AvgIpc) is 3.06. The molecule has 1 aromatic carbocycles. The molecule has 0 amide bonds. The number of aliphatic hydroxyl groups is 1. The van der Waals surface area contributed by atoms with Crippen LogP contribution in [-0.2, 0) is 4.79 Å². The van der Waals surface area contributed by atoms with E-state index in [-0.39, 0.29) is 23.4 Å². The first kappa shape index (κ1) is 12.9. The number of carbonyl (C=O) groups is 1. The Kier molecular flexibility index (Phi) is 2.54. The molecule has 3 heteroatoms. The molecule has 0 aliphatic heterocycles. The van der Waals surface area contributed by atoms with Gasteiger partial charge in [0.05, 0.1) is 5.57 Å². The lowest BCUT2D eigenvalue weighted by atomic mass is 9.80. The van der Waals surface area contributed by atoms with Gasteiger partial charge in [0.2, 0.25) is 0 Å². The Morgan fingerprint density at radius 3 is 2.14 bits per heavy atom. The molecule has 0 aromatic heterocycles. The topological polar surface area (TPSA) is 57.5 Å². The Labute approximate surface area is 124 Å². The van der Waals surface area contributed by atoms with Gasteiger partial charge in [-0.05, 0) is 73.8 Å². The largest absolute Gasteiger partial charge is 0.511 e. The third-order valence-electron chi connectivity index (χ3n) is 5.80. The molecule has 21 heavy (non-hydrogen) atoms. The second kappa shape index (κ2) is 4.12. The normalized spacial score (nSPS) is 33.9. The fourth-order valence-corrected chi connectivity index (χ4v) is 5.11. The number of hydrogen-bond donors (Lipinski definition) is 2. The summed E-state index contributed by atoms with van der Waals surface area (Å²) in [6.07, 6.45) is 3.38. The number of fused-ring (bicyclic) bond motifs is 5. The van der Waals surface area contributed by atoms with E-state index < -0.39 is 0 Å². The van der Waals surface area contributed by atoms with E-state index >= 15 is 0 Å². The number of allylic oxidation sites excluding steroid dienone is 2. The smallest absolute Gasteiger partial charge is 0.170 e. The number of benzene rings is 1. The van der Waals surface area contributed by atoms with Crippen molar-refractivity contribution in [2.75, 3.05) is 0 Å². The van der Waals surface area contributed by atoms with Crippen molar-refractivity contribution in [2.45, 2.75) is 33.1 Å². The van der Waals surface area contributed by atoms with E-state index in [0.29, 0.717) is 23.2 Å². The highest BCUT2D eigenvalue weighted by molar-refractivity contribution is 6.25. The first-order valence-corrected chi connectivity index (χ1v) is 7.77. The number of hydrogen-bond acceptors (Lipinski definition) is 3. The fourth-order valence-electron chi connectivity index (χ4n) is 5.11. The Bertz CT molecular complexity index is 663. The number of carbonyl (C=O) groups excluding carboxylic acids is 1. The second-order valence-electron chi connectivity index (χ2n) is 6.96. The van der Waals surface area contributed by atoms with Crippen LogP contribution in [0.2, 0.25) is 0 Å². The van der Waals surface area contributed by atoms with Crippen LogP contribution in [0, 0.1) is 37.5 Å². The number of phenolic OH excluding ortho intramolecular Hbond substituents is 1. The van der Waals surface area contributed by atoms with Crippen molar-refractivity contribution in [2.24, 2.45) is 23.7 Å². The molecular formula is C18H20O3. The van der Waals surface area contributed by atoms with E-state index in [1.54, 1.807) is 12.1 Å². The number of Topliss-reactive ketones (excluding diaryl/α,β-unsaturated/α-hetero) is 1. The third-order valence-corrected chi connectivity index (χ3v) is 5.80. The number of aryl methyl sites for hydroxylation is 2. The van der Waals surface area contributed by atoms with E-state index in [1.807, 2.05) is 13.8 Å². The maximum atomic E-state index is 12.9. The van der Waals surface area contributed by atoms with Gasteiger partial charge >= 0.3 is 0 Å². The van der Waals surface area contributed by atoms with Gasteiger partial charge in [-0.1, -0.05) is 0 Å². The molecule has 4 rings (SSSR count). The SMILES string of the molecule is Cc1cc(O)cc(C)c1C1=C(O)[C@H]2[C@@H]3CC[C@@H](C3)[C@H]2C1=O. The Hall–Kier alpha value is -1.77. The Morgan fingerprint density at radius 1 is 1.00 bits per heavy atom. The molecule has 1 aromatic rings. The van der Waals surface area contributed by atoms with Crippen molar-refractivity contribution in [1.82, 2.24) is 0 Å². The zero-order valence-corrected chi connectivity index (χ0v) is 12.4. The van der Waals surface area contributed by atoms with Gasteiger partial charge in [-0.3, -0.25) is 4.79 Å². The molecule has 4 atom stereocenters. The highest BCUT2D eigenvalue weighted by Gasteiger charge is 2.57. The van der Waals surface area contributed by atoms with E-state index in [2.05, 4.69) is 0 Å². The first-order chi connectivity index (χ1) is 9.99. The van der Waals surface area contributed by atoms with Crippen LogP contribution in [0.3, 0.4) is 0 Å². The number of rotatable bonds is 1. The number of ketones is 1. The molecule has 0 spiro atoms. The van der Waals surface area contributed by atoms with Gasteiger partial charge in [-0.15, -0.1) is 0 Å². The van der Waals surface area contributed by atoms with Crippen molar-refractivity contribution in [3.8, 4) is 5.75 Å². The molecule has 0 heterocycles. The van der Waals surface area contributed by atoms with Crippen LogP contribution in [-0.4, -0.2) is 16.0 Å². The minimum atomic E-state index is 0.00588. The second-order valence-corrected chi connectivity index (χ2v) is 6.96. The monoisotopic (exact) mass is 284 g/mol. The third kappa shape index (κ3) is 1.57. The van der Waals surface area contributed by atoms with Gasteiger partial charge in [0.1, 0.15) is 11.5 Å². The molecule has 0 saturated heterocycles. The summed E-state index contributed by atoms with van der Waals surface area (Å²) in [4.78, 5) is 12.9. The van der Waals surface area contributed by atoms with Crippen molar-refractivity contribution in [3.05, 3.63) is 34.6 Å². The van der Waals surface area contributed by atoms with E-state index in [1.165, 1.54) is 0 Å². The highest BCUT2D eigenvalue weighted by atomic mass is 16.3. The van der Waals surface area contributed by atoms with Gasteiger partial charge < -0.3 is 10.2 Å². The number of aliphatic hydroxyl groups excluding tert-OH is 1. The van der Waals surface area contributed by atoms with Gasteiger partial charge in [0.25, 0.3) is 0 Å². The summed E-state index contributed by atoms with van der Waals surface area (Å²) in [5.41, 5.74) is 3.06. The lowest BCUT2D eigenvalue weighted by Gasteiger charge is -2.23. The summed E-state index contributed by atoms with van der Waals surface area (Å²) >= 11 is 0. The minimum absolute atomic E-state index is 0.00588. The fraction of sp³-hybridized carbons (Fsp3) is 0.500. The predicted molar refractivity (Wildman–Crippen MR) is 79.9 cm³/mol. The molecule has 2 N–H and O–H groups in total.